The van der Waals surface area contributed by atoms with E-state index >= 15 is 0 Å². The van der Waals surface area contributed by atoms with E-state index in [1.54, 1.807) is 7.05 Å². The molecule has 0 aliphatic heterocycles. The lowest BCUT2D eigenvalue weighted by atomic mass is 10.1. The zero-order valence-electron chi connectivity index (χ0n) is 9.89. The van der Waals surface area contributed by atoms with Gasteiger partial charge in [0.15, 0.2) is 0 Å². The SMILES string of the molecule is CNCC(=O)Nc1ccc(C)c(C(F)(F)F)c1.Cl. The van der Waals surface area contributed by atoms with Gasteiger partial charge in [-0.3, -0.25) is 4.79 Å². The van der Waals surface area contributed by atoms with Gasteiger partial charge in [0.05, 0.1) is 12.1 Å². The number of likely N-dealkylation sites (N-methyl/N-ethyl adjacent to an activating group) is 1. The van der Waals surface area contributed by atoms with Gasteiger partial charge in [-0.15, -0.1) is 12.4 Å². The molecule has 1 aromatic rings. The molecule has 0 saturated carbocycles. The molecular formula is C11H14ClF3N2O. The summed E-state index contributed by atoms with van der Waals surface area (Å²) < 4.78 is 37.8. The van der Waals surface area contributed by atoms with Crippen molar-refractivity contribution in [2.45, 2.75) is 13.1 Å². The van der Waals surface area contributed by atoms with Crippen molar-refractivity contribution >= 4 is 24.0 Å². The smallest absolute Gasteiger partial charge is 0.325 e. The minimum Gasteiger partial charge on any atom is -0.325 e. The summed E-state index contributed by atoms with van der Waals surface area (Å²) in [6, 6.07) is 3.71. The van der Waals surface area contributed by atoms with Gasteiger partial charge in [0.1, 0.15) is 0 Å². The van der Waals surface area contributed by atoms with Crippen LogP contribution in [-0.2, 0) is 11.0 Å². The number of hydrogen-bond acceptors (Lipinski definition) is 2. The Labute approximate surface area is 109 Å². The molecule has 2 N–H and O–H groups in total. The van der Waals surface area contributed by atoms with Gasteiger partial charge in [0.25, 0.3) is 0 Å². The number of nitrogens with one attached hydrogen (secondary N) is 2. The fraction of sp³-hybridized carbons (Fsp3) is 0.364. The lowest BCUT2D eigenvalue weighted by Crippen LogP contribution is -2.25. The van der Waals surface area contributed by atoms with Crippen LogP contribution in [0.4, 0.5) is 18.9 Å². The fourth-order valence-corrected chi connectivity index (χ4v) is 1.37. The molecule has 1 rings (SSSR count). The molecule has 1 aromatic carbocycles. The topological polar surface area (TPSA) is 41.1 Å². The van der Waals surface area contributed by atoms with Crippen LogP contribution in [0.3, 0.4) is 0 Å². The number of carbonyl (C=O) groups is 1. The second-order valence-electron chi connectivity index (χ2n) is 3.61. The first kappa shape index (κ1) is 16.7. The van der Waals surface area contributed by atoms with Crippen molar-refractivity contribution in [1.82, 2.24) is 5.32 Å². The number of carbonyl (C=O) groups excluding carboxylic acids is 1. The molecule has 0 aromatic heterocycles. The van der Waals surface area contributed by atoms with E-state index in [1.165, 1.54) is 19.1 Å². The first-order chi connectivity index (χ1) is 7.84. The van der Waals surface area contributed by atoms with E-state index in [-0.39, 0.29) is 36.1 Å². The summed E-state index contributed by atoms with van der Waals surface area (Å²) in [6.07, 6.45) is -4.41. The molecule has 0 spiro atoms. The van der Waals surface area contributed by atoms with Gasteiger partial charge in [0, 0.05) is 5.69 Å². The van der Waals surface area contributed by atoms with Crippen LogP contribution in [0, 0.1) is 6.92 Å². The lowest BCUT2D eigenvalue weighted by molar-refractivity contribution is -0.138. The third-order valence-electron chi connectivity index (χ3n) is 2.16. The Hall–Kier alpha value is -1.27. The average Bonchev–Trinajstić information content (AvgIpc) is 2.19. The molecule has 0 atom stereocenters. The second kappa shape index (κ2) is 6.61. The van der Waals surface area contributed by atoms with Crippen LogP contribution in [0.5, 0.6) is 0 Å². The summed E-state index contributed by atoms with van der Waals surface area (Å²) in [5.41, 5.74) is -0.466. The largest absolute Gasteiger partial charge is 0.416 e. The number of benzene rings is 1. The second-order valence-corrected chi connectivity index (χ2v) is 3.61. The lowest BCUT2D eigenvalue weighted by Gasteiger charge is -2.12. The number of anilines is 1. The Morgan fingerprint density at radius 2 is 1.94 bits per heavy atom. The number of halogens is 4. The van der Waals surface area contributed by atoms with Crippen molar-refractivity contribution in [3.05, 3.63) is 29.3 Å². The van der Waals surface area contributed by atoms with Crippen molar-refractivity contribution in [3.63, 3.8) is 0 Å². The third kappa shape index (κ3) is 4.54. The molecule has 0 fully saturated rings. The van der Waals surface area contributed by atoms with Crippen LogP contribution in [0.15, 0.2) is 18.2 Å². The summed E-state index contributed by atoms with van der Waals surface area (Å²) in [7, 11) is 1.58. The van der Waals surface area contributed by atoms with E-state index in [0.29, 0.717) is 0 Å². The quantitative estimate of drug-likeness (QED) is 0.895. The molecule has 0 aliphatic rings. The van der Waals surface area contributed by atoms with E-state index < -0.39 is 11.7 Å². The predicted molar refractivity (Wildman–Crippen MR) is 66.0 cm³/mol. The first-order valence-electron chi connectivity index (χ1n) is 4.97. The minimum absolute atomic E-state index is 0. The van der Waals surface area contributed by atoms with E-state index in [0.717, 1.165) is 6.07 Å². The Morgan fingerprint density at radius 1 is 1.33 bits per heavy atom. The predicted octanol–water partition coefficient (Wildman–Crippen LogP) is 2.59. The highest BCUT2D eigenvalue weighted by atomic mass is 35.5. The molecule has 1 amide bonds. The van der Waals surface area contributed by atoms with Gasteiger partial charge in [-0.05, 0) is 31.7 Å². The van der Waals surface area contributed by atoms with Crippen LogP contribution >= 0.6 is 12.4 Å². The number of alkyl halides is 3. The molecule has 0 unspecified atom stereocenters. The number of aryl methyl sites for hydroxylation is 1. The van der Waals surface area contributed by atoms with Crippen LogP contribution in [0.2, 0.25) is 0 Å². The van der Waals surface area contributed by atoms with Crippen LogP contribution in [0.1, 0.15) is 11.1 Å². The average molecular weight is 283 g/mol. The minimum atomic E-state index is -4.41. The number of hydrogen-bond donors (Lipinski definition) is 2. The Balaban J connectivity index is 0.00000289. The fourth-order valence-electron chi connectivity index (χ4n) is 1.37. The molecule has 7 heteroatoms. The Kier molecular flexibility index (Phi) is 6.14. The summed E-state index contributed by atoms with van der Waals surface area (Å²) in [5.74, 6) is -0.385. The van der Waals surface area contributed by atoms with E-state index in [4.69, 9.17) is 0 Å². The first-order valence-corrected chi connectivity index (χ1v) is 4.97. The van der Waals surface area contributed by atoms with Gasteiger partial charge in [-0.2, -0.15) is 13.2 Å². The normalized spacial score (nSPS) is 10.7. The van der Waals surface area contributed by atoms with E-state index in [9.17, 15) is 18.0 Å². The van der Waals surface area contributed by atoms with Crippen molar-refractivity contribution in [1.29, 1.82) is 0 Å². The van der Waals surface area contributed by atoms with Gasteiger partial charge in [-0.1, -0.05) is 6.07 Å². The maximum absolute atomic E-state index is 12.6. The van der Waals surface area contributed by atoms with Gasteiger partial charge < -0.3 is 10.6 Å². The molecule has 0 saturated heterocycles. The number of rotatable bonds is 3. The maximum atomic E-state index is 12.6. The van der Waals surface area contributed by atoms with Crippen LogP contribution < -0.4 is 10.6 Å². The Bertz CT molecular complexity index is 421. The van der Waals surface area contributed by atoms with Gasteiger partial charge in [-0.25, -0.2) is 0 Å². The molecule has 18 heavy (non-hydrogen) atoms. The molecular weight excluding hydrogens is 269 g/mol. The van der Waals surface area contributed by atoms with Gasteiger partial charge in [0.2, 0.25) is 5.91 Å². The molecule has 102 valence electrons. The molecule has 3 nitrogen and oxygen atoms in total. The van der Waals surface area contributed by atoms with Crippen molar-refractivity contribution in [3.8, 4) is 0 Å². The van der Waals surface area contributed by atoms with E-state index in [2.05, 4.69) is 10.6 Å². The summed E-state index contributed by atoms with van der Waals surface area (Å²) >= 11 is 0. The summed E-state index contributed by atoms with van der Waals surface area (Å²) in [6.45, 7) is 1.43. The third-order valence-corrected chi connectivity index (χ3v) is 2.16. The summed E-state index contributed by atoms with van der Waals surface area (Å²) in [5, 5.41) is 4.99. The highest BCUT2D eigenvalue weighted by Crippen LogP contribution is 2.33. The Morgan fingerprint density at radius 3 is 2.44 bits per heavy atom. The molecule has 0 heterocycles. The zero-order chi connectivity index (χ0) is 13.1. The summed E-state index contributed by atoms with van der Waals surface area (Å²) in [4.78, 5) is 11.2. The maximum Gasteiger partial charge on any atom is 0.416 e. The zero-order valence-corrected chi connectivity index (χ0v) is 10.7. The number of amides is 1. The highest BCUT2D eigenvalue weighted by molar-refractivity contribution is 5.92. The van der Waals surface area contributed by atoms with Crippen LogP contribution in [0.25, 0.3) is 0 Å². The van der Waals surface area contributed by atoms with Crippen LogP contribution in [-0.4, -0.2) is 19.5 Å². The van der Waals surface area contributed by atoms with Crippen molar-refractivity contribution in [2.75, 3.05) is 18.9 Å². The van der Waals surface area contributed by atoms with Gasteiger partial charge >= 0.3 is 6.18 Å². The standard InChI is InChI=1S/C11H13F3N2O.ClH/c1-7-3-4-8(16-10(17)6-15-2)5-9(7)11(12,13)14;/h3-5,15H,6H2,1-2H3,(H,16,17);1H. The molecule has 0 bridgehead atoms. The van der Waals surface area contributed by atoms with Crippen molar-refractivity contribution < 1.29 is 18.0 Å². The van der Waals surface area contributed by atoms with E-state index in [1.807, 2.05) is 0 Å². The molecule has 0 radical (unpaired) electrons. The highest BCUT2D eigenvalue weighted by Gasteiger charge is 2.32. The monoisotopic (exact) mass is 282 g/mol. The van der Waals surface area contributed by atoms with Crippen molar-refractivity contribution in [2.24, 2.45) is 0 Å². The molecule has 0 aliphatic carbocycles.